The molecule has 1 heterocycles. The van der Waals surface area contributed by atoms with Gasteiger partial charge in [-0.1, -0.05) is 6.92 Å². The van der Waals surface area contributed by atoms with Crippen molar-refractivity contribution in [2.24, 2.45) is 5.92 Å². The van der Waals surface area contributed by atoms with Crippen molar-refractivity contribution >= 4 is 5.91 Å². The number of piperidine rings is 1. The van der Waals surface area contributed by atoms with Crippen molar-refractivity contribution in [2.45, 2.75) is 39.2 Å². The highest BCUT2D eigenvalue weighted by molar-refractivity contribution is 5.79. The lowest BCUT2D eigenvalue weighted by Gasteiger charge is -2.25. The van der Waals surface area contributed by atoms with Crippen molar-refractivity contribution in [2.75, 3.05) is 0 Å². The van der Waals surface area contributed by atoms with Crippen molar-refractivity contribution in [3.8, 4) is 0 Å². The van der Waals surface area contributed by atoms with Crippen LogP contribution in [0.5, 0.6) is 0 Å². The van der Waals surface area contributed by atoms with Crippen LogP contribution in [0.3, 0.4) is 0 Å². The summed E-state index contributed by atoms with van der Waals surface area (Å²) < 4.78 is 0. The minimum Gasteiger partial charge on any atom is -0.353 e. The summed E-state index contributed by atoms with van der Waals surface area (Å²) in [6, 6.07) is 0.398. The molecule has 1 N–H and O–H groups in total. The van der Waals surface area contributed by atoms with Gasteiger partial charge < -0.3 is 5.32 Å². The number of rotatable bonds is 1. The van der Waals surface area contributed by atoms with Crippen LogP contribution >= 0.6 is 0 Å². The van der Waals surface area contributed by atoms with Gasteiger partial charge in [0.2, 0.25) is 5.91 Å². The van der Waals surface area contributed by atoms with Crippen molar-refractivity contribution in [3.05, 3.63) is 0 Å². The number of hydrogen-bond donors (Lipinski definition) is 1. The first-order valence-electron chi connectivity index (χ1n) is 4.04. The van der Waals surface area contributed by atoms with E-state index in [1.165, 1.54) is 0 Å². The fourth-order valence-electron chi connectivity index (χ4n) is 1.40. The summed E-state index contributed by atoms with van der Waals surface area (Å²) in [5.41, 5.74) is 0. The van der Waals surface area contributed by atoms with Gasteiger partial charge in [0.15, 0.2) is 0 Å². The van der Waals surface area contributed by atoms with Gasteiger partial charge in [0.25, 0.3) is 0 Å². The molecular formula is C8H15NO. The number of carbonyl (C=O) groups is 1. The maximum atomic E-state index is 11.1. The van der Waals surface area contributed by atoms with Crippen molar-refractivity contribution in [1.82, 2.24) is 5.32 Å². The van der Waals surface area contributed by atoms with Gasteiger partial charge in [-0.2, -0.15) is 0 Å². The minimum atomic E-state index is 0.251. The van der Waals surface area contributed by atoms with Gasteiger partial charge in [0.1, 0.15) is 0 Å². The molecule has 0 saturated carbocycles. The number of hydrogen-bond acceptors (Lipinski definition) is 1. The quantitative estimate of drug-likeness (QED) is 0.586. The fraction of sp³-hybridized carbons (Fsp3) is 0.875. The van der Waals surface area contributed by atoms with Crippen LogP contribution in [0.4, 0.5) is 0 Å². The molecule has 0 aromatic carbocycles. The average molecular weight is 141 g/mol. The van der Waals surface area contributed by atoms with Crippen molar-refractivity contribution < 1.29 is 4.79 Å². The second-order valence-electron chi connectivity index (χ2n) is 3.09. The predicted molar refractivity (Wildman–Crippen MR) is 40.6 cm³/mol. The first kappa shape index (κ1) is 7.58. The molecule has 0 radical (unpaired) electrons. The largest absolute Gasteiger partial charge is 0.353 e. The maximum Gasteiger partial charge on any atom is 0.223 e. The van der Waals surface area contributed by atoms with Crippen LogP contribution in [0.2, 0.25) is 0 Å². The summed E-state index contributed by atoms with van der Waals surface area (Å²) in [4.78, 5) is 11.1. The van der Waals surface area contributed by atoms with Crippen molar-refractivity contribution in [1.29, 1.82) is 0 Å². The summed E-state index contributed by atoms with van der Waals surface area (Å²) >= 11 is 0. The van der Waals surface area contributed by atoms with Crippen LogP contribution in [-0.4, -0.2) is 11.9 Å². The van der Waals surface area contributed by atoms with Crippen LogP contribution in [-0.2, 0) is 4.79 Å². The molecule has 0 spiro atoms. The lowest BCUT2D eigenvalue weighted by Crippen LogP contribution is -2.42. The highest BCUT2D eigenvalue weighted by Crippen LogP contribution is 2.17. The topological polar surface area (TPSA) is 29.1 Å². The molecule has 2 atom stereocenters. The van der Waals surface area contributed by atoms with E-state index in [1.54, 1.807) is 0 Å². The standard InChI is InChI=1S/C8H15NO/c1-3-7-5-4-6(2)9-8(7)10/h6-7H,3-5H2,1-2H3,(H,9,10)/t6-,7-/m1/s1. The Bertz CT molecular complexity index is 133. The van der Waals surface area contributed by atoms with E-state index >= 15 is 0 Å². The third-order valence-corrected chi connectivity index (χ3v) is 2.20. The molecule has 0 unspecified atom stereocenters. The Morgan fingerprint density at radius 1 is 1.60 bits per heavy atom. The molecule has 0 aliphatic carbocycles. The van der Waals surface area contributed by atoms with Crippen LogP contribution < -0.4 is 5.32 Å². The molecular weight excluding hydrogens is 126 g/mol. The Morgan fingerprint density at radius 3 is 2.80 bits per heavy atom. The molecule has 2 nitrogen and oxygen atoms in total. The van der Waals surface area contributed by atoms with Gasteiger partial charge in [-0.3, -0.25) is 4.79 Å². The lowest BCUT2D eigenvalue weighted by molar-refractivity contribution is -0.127. The zero-order valence-corrected chi connectivity index (χ0v) is 6.68. The molecule has 1 amide bonds. The van der Waals surface area contributed by atoms with Gasteiger partial charge in [0.05, 0.1) is 0 Å². The molecule has 1 fully saturated rings. The van der Waals surface area contributed by atoms with E-state index < -0.39 is 0 Å². The van der Waals surface area contributed by atoms with Crippen LogP contribution in [0.15, 0.2) is 0 Å². The van der Waals surface area contributed by atoms with Crippen LogP contribution in [0.1, 0.15) is 33.1 Å². The monoisotopic (exact) mass is 141 g/mol. The third-order valence-electron chi connectivity index (χ3n) is 2.20. The Labute approximate surface area is 62.0 Å². The Hall–Kier alpha value is -0.530. The van der Waals surface area contributed by atoms with E-state index in [9.17, 15) is 4.79 Å². The van der Waals surface area contributed by atoms with E-state index in [4.69, 9.17) is 0 Å². The molecule has 2 heteroatoms. The fourth-order valence-corrected chi connectivity index (χ4v) is 1.40. The van der Waals surface area contributed by atoms with Crippen LogP contribution in [0, 0.1) is 5.92 Å². The highest BCUT2D eigenvalue weighted by atomic mass is 16.2. The molecule has 1 saturated heterocycles. The van der Waals surface area contributed by atoms with E-state index in [0.29, 0.717) is 6.04 Å². The van der Waals surface area contributed by atoms with E-state index in [2.05, 4.69) is 19.2 Å². The molecule has 58 valence electrons. The summed E-state index contributed by atoms with van der Waals surface area (Å²) in [7, 11) is 0. The van der Waals surface area contributed by atoms with Crippen molar-refractivity contribution in [3.63, 3.8) is 0 Å². The van der Waals surface area contributed by atoms with E-state index in [-0.39, 0.29) is 11.8 Å². The van der Waals surface area contributed by atoms with E-state index in [1.807, 2.05) is 0 Å². The molecule has 1 rings (SSSR count). The Balaban J connectivity index is 2.43. The Kier molecular flexibility index (Phi) is 2.30. The molecule has 0 bridgehead atoms. The molecule has 0 aromatic heterocycles. The van der Waals surface area contributed by atoms with Gasteiger partial charge in [-0.05, 0) is 26.2 Å². The summed E-state index contributed by atoms with van der Waals surface area (Å²) in [6.45, 7) is 4.13. The Morgan fingerprint density at radius 2 is 2.30 bits per heavy atom. The smallest absolute Gasteiger partial charge is 0.223 e. The van der Waals surface area contributed by atoms with Gasteiger partial charge in [-0.15, -0.1) is 0 Å². The summed E-state index contributed by atoms with van der Waals surface area (Å²) in [5, 5.41) is 2.94. The zero-order chi connectivity index (χ0) is 7.56. The molecule has 10 heavy (non-hydrogen) atoms. The summed E-state index contributed by atoms with van der Waals surface area (Å²) in [5.74, 6) is 0.539. The third kappa shape index (κ3) is 1.49. The van der Waals surface area contributed by atoms with E-state index in [0.717, 1.165) is 19.3 Å². The first-order valence-corrected chi connectivity index (χ1v) is 4.04. The SMILES string of the molecule is CC[C@@H]1CC[C@@H](C)NC1=O. The summed E-state index contributed by atoms with van der Waals surface area (Å²) in [6.07, 6.45) is 3.20. The molecule has 0 aromatic rings. The van der Waals surface area contributed by atoms with Gasteiger partial charge in [0, 0.05) is 12.0 Å². The second kappa shape index (κ2) is 3.04. The van der Waals surface area contributed by atoms with Gasteiger partial charge >= 0.3 is 0 Å². The van der Waals surface area contributed by atoms with Crippen LogP contribution in [0.25, 0.3) is 0 Å². The highest BCUT2D eigenvalue weighted by Gasteiger charge is 2.23. The lowest BCUT2D eigenvalue weighted by atomic mass is 9.93. The van der Waals surface area contributed by atoms with Gasteiger partial charge in [-0.25, -0.2) is 0 Å². The molecule has 1 aliphatic rings. The average Bonchev–Trinajstić information content (AvgIpc) is 1.88. The minimum absolute atomic E-state index is 0.251. The zero-order valence-electron chi connectivity index (χ0n) is 6.68. The second-order valence-corrected chi connectivity index (χ2v) is 3.09. The maximum absolute atomic E-state index is 11.1. The number of nitrogens with one attached hydrogen (secondary N) is 1. The normalized spacial score (nSPS) is 33.6. The number of amides is 1. The predicted octanol–water partition coefficient (Wildman–Crippen LogP) is 1.31. The first-order chi connectivity index (χ1) is 4.74. The molecule has 1 aliphatic heterocycles. The number of carbonyl (C=O) groups excluding carboxylic acids is 1.